The van der Waals surface area contributed by atoms with Gasteiger partial charge in [0.15, 0.2) is 0 Å². The molecule has 6 heteroatoms. The smallest absolute Gasteiger partial charge is 0.311 e. The summed E-state index contributed by atoms with van der Waals surface area (Å²) in [5, 5.41) is 28.9. The Labute approximate surface area is 182 Å². The molecule has 0 spiro atoms. The first-order chi connectivity index (χ1) is 14.0. The van der Waals surface area contributed by atoms with Crippen molar-refractivity contribution in [3.8, 4) is 0 Å². The second-order valence-corrected chi connectivity index (χ2v) is 9.99. The fraction of sp³-hybridized carbons (Fsp3) is 0.917. The maximum Gasteiger partial charge on any atom is 0.311 e. The molecular formula is C24H44O6. The predicted octanol–water partition coefficient (Wildman–Crippen LogP) is 4.41. The Morgan fingerprint density at radius 1 is 1.07 bits per heavy atom. The van der Waals surface area contributed by atoms with E-state index in [1.54, 1.807) is 0 Å². The number of hydrogen-bond acceptors (Lipinski definition) is 5. The van der Waals surface area contributed by atoms with E-state index in [1.165, 1.54) is 0 Å². The van der Waals surface area contributed by atoms with Gasteiger partial charge in [0.25, 0.3) is 0 Å². The molecule has 176 valence electrons. The Bertz CT molecular complexity index is 532. The molecule has 0 aromatic heterocycles. The zero-order valence-corrected chi connectivity index (χ0v) is 19.6. The van der Waals surface area contributed by atoms with Crippen LogP contribution in [0.25, 0.3) is 0 Å². The fourth-order valence-electron chi connectivity index (χ4n) is 4.78. The average Bonchev–Trinajstić information content (AvgIpc) is 2.66. The zero-order valence-electron chi connectivity index (χ0n) is 19.6. The minimum atomic E-state index is -1.06. The Balaban J connectivity index is 2.76. The Morgan fingerprint density at radius 2 is 1.73 bits per heavy atom. The third-order valence-corrected chi connectivity index (χ3v) is 7.17. The highest BCUT2D eigenvalue weighted by atomic mass is 16.5. The Morgan fingerprint density at radius 3 is 2.30 bits per heavy atom. The molecule has 0 unspecified atom stereocenters. The first-order valence-corrected chi connectivity index (χ1v) is 11.8. The average molecular weight is 429 g/mol. The van der Waals surface area contributed by atoms with Crippen molar-refractivity contribution in [1.29, 1.82) is 0 Å². The fourth-order valence-corrected chi connectivity index (χ4v) is 4.78. The summed E-state index contributed by atoms with van der Waals surface area (Å²) < 4.78 is 5.80. The van der Waals surface area contributed by atoms with Gasteiger partial charge in [-0.15, -0.1) is 0 Å². The molecule has 0 radical (unpaired) electrons. The SMILES string of the molecule is CCC[C@@H]1CC[C@H](C)[C@H](CC[C@@H](O)C[C@@H](O)CC(=O)O)[C@H]1COC(=O)C(C)(C)CC. The van der Waals surface area contributed by atoms with Crippen molar-refractivity contribution in [3.63, 3.8) is 0 Å². The predicted molar refractivity (Wildman–Crippen MR) is 117 cm³/mol. The summed E-state index contributed by atoms with van der Waals surface area (Å²) in [6.45, 7) is 10.7. The van der Waals surface area contributed by atoms with Gasteiger partial charge in [-0.1, -0.05) is 40.0 Å². The molecular weight excluding hydrogens is 384 g/mol. The Hall–Kier alpha value is -1.14. The van der Waals surface area contributed by atoms with Crippen LogP contribution in [0.3, 0.4) is 0 Å². The van der Waals surface area contributed by atoms with Crippen LogP contribution in [0.2, 0.25) is 0 Å². The second-order valence-electron chi connectivity index (χ2n) is 9.99. The highest BCUT2D eigenvalue weighted by Crippen LogP contribution is 2.43. The molecule has 1 rings (SSSR count). The molecule has 3 N–H and O–H groups in total. The number of aliphatic hydroxyl groups excluding tert-OH is 2. The lowest BCUT2D eigenvalue weighted by atomic mass is 9.64. The molecule has 1 aliphatic carbocycles. The topological polar surface area (TPSA) is 104 Å². The number of carbonyl (C=O) groups is 2. The second kappa shape index (κ2) is 12.7. The summed E-state index contributed by atoms with van der Waals surface area (Å²) in [7, 11) is 0. The molecule has 0 amide bonds. The van der Waals surface area contributed by atoms with Crippen molar-refractivity contribution in [2.24, 2.45) is 29.1 Å². The molecule has 0 bridgehead atoms. The summed E-state index contributed by atoms with van der Waals surface area (Å²) in [5.74, 6) is 0.421. The minimum absolute atomic E-state index is 0.0795. The zero-order chi connectivity index (χ0) is 22.9. The van der Waals surface area contributed by atoms with E-state index < -0.39 is 23.6 Å². The molecule has 0 aromatic carbocycles. The van der Waals surface area contributed by atoms with Crippen molar-refractivity contribution in [2.45, 2.75) is 105 Å². The molecule has 30 heavy (non-hydrogen) atoms. The number of ether oxygens (including phenoxy) is 1. The normalized spacial score (nSPS) is 26.8. The van der Waals surface area contributed by atoms with E-state index in [0.29, 0.717) is 30.8 Å². The van der Waals surface area contributed by atoms with E-state index in [-0.39, 0.29) is 24.7 Å². The number of aliphatic carboxylic acids is 1. The van der Waals surface area contributed by atoms with Crippen molar-refractivity contribution >= 4 is 11.9 Å². The lowest BCUT2D eigenvalue weighted by Gasteiger charge is -2.42. The summed E-state index contributed by atoms with van der Waals surface area (Å²) in [4.78, 5) is 23.2. The lowest BCUT2D eigenvalue weighted by Crippen LogP contribution is -2.39. The van der Waals surface area contributed by atoms with Gasteiger partial charge in [-0.05, 0) is 69.6 Å². The van der Waals surface area contributed by atoms with Gasteiger partial charge in [-0.25, -0.2) is 0 Å². The first kappa shape index (κ1) is 26.9. The molecule has 0 aliphatic heterocycles. The van der Waals surface area contributed by atoms with Crippen molar-refractivity contribution in [2.75, 3.05) is 6.61 Å². The first-order valence-electron chi connectivity index (χ1n) is 11.8. The van der Waals surface area contributed by atoms with Crippen LogP contribution in [0.4, 0.5) is 0 Å². The van der Waals surface area contributed by atoms with Gasteiger partial charge >= 0.3 is 11.9 Å². The monoisotopic (exact) mass is 428 g/mol. The Kier molecular flexibility index (Phi) is 11.3. The molecule has 6 nitrogen and oxygen atoms in total. The van der Waals surface area contributed by atoms with Crippen molar-refractivity contribution in [1.82, 2.24) is 0 Å². The highest BCUT2D eigenvalue weighted by molar-refractivity contribution is 5.75. The third kappa shape index (κ3) is 8.54. The molecule has 0 saturated heterocycles. The van der Waals surface area contributed by atoms with Crippen molar-refractivity contribution in [3.05, 3.63) is 0 Å². The number of carboxylic acid groups (broad SMARTS) is 1. The molecule has 1 fully saturated rings. The molecule has 1 aliphatic rings. The summed E-state index contributed by atoms with van der Waals surface area (Å²) in [6, 6.07) is 0. The number of carbonyl (C=O) groups excluding carboxylic acids is 1. The number of hydrogen-bond donors (Lipinski definition) is 3. The van der Waals surface area contributed by atoms with Crippen LogP contribution in [0.5, 0.6) is 0 Å². The van der Waals surface area contributed by atoms with Gasteiger partial charge in [0.2, 0.25) is 0 Å². The van der Waals surface area contributed by atoms with E-state index in [1.807, 2.05) is 20.8 Å². The van der Waals surface area contributed by atoms with Gasteiger partial charge in [0, 0.05) is 0 Å². The maximum absolute atomic E-state index is 12.5. The number of esters is 1. The van der Waals surface area contributed by atoms with Gasteiger partial charge < -0.3 is 20.1 Å². The summed E-state index contributed by atoms with van der Waals surface area (Å²) in [6.07, 6.45) is 4.53. The maximum atomic E-state index is 12.5. The van der Waals surface area contributed by atoms with Crippen LogP contribution in [0.1, 0.15) is 92.4 Å². The largest absolute Gasteiger partial charge is 0.481 e. The number of rotatable bonds is 13. The van der Waals surface area contributed by atoms with Crippen molar-refractivity contribution < 1.29 is 29.6 Å². The van der Waals surface area contributed by atoms with Crippen LogP contribution in [0, 0.1) is 29.1 Å². The van der Waals surface area contributed by atoms with Gasteiger partial charge in [-0.2, -0.15) is 0 Å². The quantitative estimate of drug-likeness (QED) is 0.375. The summed E-state index contributed by atoms with van der Waals surface area (Å²) in [5.41, 5.74) is -0.480. The van der Waals surface area contributed by atoms with Gasteiger partial charge in [0.05, 0.1) is 30.7 Å². The van der Waals surface area contributed by atoms with E-state index in [2.05, 4.69) is 13.8 Å². The molecule has 0 aromatic rings. The summed E-state index contributed by atoms with van der Waals surface area (Å²) >= 11 is 0. The van der Waals surface area contributed by atoms with Gasteiger partial charge in [-0.3, -0.25) is 9.59 Å². The van der Waals surface area contributed by atoms with Crippen LogP contribution in [-0.2, 0) is 14.3 Å². The van der Waals surface area contributed by atoms with E-state index in [0.717, 1.165) is 38.5 Å². The standard InChI is InChI=1S/C24H44O6/c1-6-8-17-10-9-16(3)20(12-11-18(25)13-19(26)14-22(27)28)21(17)15-30-23(29)24(4,5)7-2/h16-21,25-26H,6-15H2,1-5H3,(H,27,28)/t16-,17+,18+,19+,20-,21-/m0/s1. The van der Waals surface area contributed by atoms with Crippen LogP contribution in [-0.4, -0.2) is 46.1 Å². The number of carboxylic acids is 1. The molecule has 6 atom stereocenters. The van der Waals surface area contributed by atoms with E-state index >= 15 is 0 Å². The highest BCUT2D eigenvalue weighted by Gasteiger charge is 2.38. The molecule has 0 heterocycles. The van der Waals surface area contributed by atoms with Crippen LogP contribution >= 0.6 is 0 Å². The lowest BCUT2D eigenvalue weighted by molar-refractivity contribution is -0.158. The van der Waals surface area contributed by atoms with E-state index in [9.17, 15) is 19.8 Å². The third-order valence-electron chi connectivity index (χ3n) is 7.17. The minimum Gasteiger partial charge on any atom is -0.481 e. The number of aliphatic hydroxyl groups is 2. The van der Waals surface area contributed by atoms with Crippen LogP contribution < -0.4 is 0 Å². The van der Waals surface area contributed by atoms with E-state index in [4.69, 9.17) is 9.84 Å². The van der Waals surface area contributed by atoms with Gasteiger partial charge in [0.1, 0.15) is 0 Å². The van der Waals surface area contributed by atoms with Crippen LogP contribution in [0.15, 0.2) is 0 Å². The molecule has 1 saturated carbocycles.